The Bertz CT molecular complexity index is 1230. The van der Waals surface area contributed by atoms with Gasteiger partial charge in [-0.3, -0.25) is 9.59 Å². The number of nitrogens with zero attached hydrogens (tertiary/aromatic N) is 2. The van der Waals surface area contributed by atoms with E-state index >= 15 is 0 Å². The first-order valence-corrected chi connectivity index (χ1v) is 14.6. The molecular formula is C32H39FN2O2S. The van der Waals surface area contributed by atoms with Crippen molar-refractivity contribution in [1.29, 1.82) is 0 Å². The number of carbonyl (C=O) groups excluding carboxylic acids is 2. The fourth-order valence-electron chi connectivity index (χ4n) is 5.16. The van der Waals surface area contributed by atoms with Gasteiger partial charge < -0.3 is 9.80 Å². The highest BCUT2D eigenvalue weighted by Crippen LogP contribution is 2.38. The number of unbranched alkanes of at least 4 members (excludes halogenated alkanes) is 3. The maximum absolute atomic E-state index is 13.9. The van der Waals surface area contributed by atoms with E-state index in [-0.39, 0.29) is 30.2 Å². The molecule has 0 saturated heterocycles. The van der Waals surface area contributed by atoms with Crippen molar-refractivity contribution in [2.45, 2.75) is 77.8 Å². The maximum Gasteiger partial charge on any atom is 0.254 e. The van der Waals surface area contributed by atoms with Gasteiger partial charge in [0.2, 0.25) is 5.91 Å². The minimum absolute atomic E-state index is 0.0156. The number of rotatable bonds is 9. The zero-order chi connectivity index (χ0) is 27.3. The van der Waals surface area contributed by atoms with Crippen molar-refractivity contribution in [3.8, 4) is 0 Å². The largest absolute Gasteiger partial charge is 0.330 e. The molecule has 1 aliphatic rings. The summed E-state index contributed by atoms with van der Waals surface area (Å²) in [7, 11) is 0. The van der Waals surface area contributed by atoms with Gasteiger partial charge in [0.05, 0.1) is 6.04 Å². The molecule has 1 unspecified atom stereocenters. The van der Waals surface area contributed by atoms with Crippen LogP contribution in [0, 0.1) is 5.82 Å². The molecule has 1 aliphatic heterocycles. The molecule has 0 saturated carbocycles. The molecule has 0 bridgehead atoms. The molecule has 0 fully saturated rings. The molecule has 4 nitrogen and oxygen atoms in total. The lowest BCUT2D eigenvalue weighted by molar-refractivity contribution is -0.135. The first-order valence-electron chi connectivity index (χ1n) is 13.7. The minimum Gasteiger partial charge on any atom is -0.330 e. The van der Waals surface area contributed by atoms with Crippen molar-refractivity contribution in [3.63, 3.8) is 0 Å². The number of thiophene rings is 1. The van der Waals surface area contributed by atoms with E-state index in [0.29, 0.717) is 12.1 Å². The van der Waals surface area contributed by atoms with Crippen LogP contribution in [-0.2, 0) is 17.6 Å². The van der Waals surface area contributed by atoms with E-state index < -0.39 is 5.54 Å². The number of halogens is 1. The molecule has 4 rings (SSSR count). The molecule has 0 spiro atoms. The van der Waals surface area contributed by atoms with Crippen LogP contribution in [0.1, 0.15) is 91.3 Å². The molecule has 0 N–H and O–H groups in total. The highest BCUT2D eigenvalue weighted by Gasteiger charge is 2.36. The molecule has 0 radical (unpaired) electrons. The minimum atomic E-state index is -0.541. The van der Waals surface area contributed by atoms with Crippen molar-refractivity contribution in [1.82, 2.24) is 9.80 Å². The number of aryl methyl sites for hydroxylation is 1. The summed E-state index contributed by atoms with van der Waals surface area (Å²) < 4.78 is 13.7. The second-order valence-corrected chi connectivity index (χ2v) is 12.2. The van der Waals surface area contributed by atoms with Gasteiger partial charge in [-0.25, -0.2) is 4.39 Å². The van der Waals surface area contributed by atoms with Crippen molar-refractivity contribution in [3.05, 3.63) is 92.9 Å². The Morgan fingerprint density at radius 1 is 1.00 bits per heavy atom. The summed E-state index contributed by atoms with van der Waals surface area (Å²) in [5.74, 6) is -0.550. The van der Waals surface area contributed by atoms with Crippen LogP contribution in [-0.4, -0.2) is 40.2 Å². The second-order valence-electron chi connectivity index (χ2n) is 11.2. The van der Waals surface area contributed by atoms with Crippen LogP contribution < -0.4 is 0 Å². The van der Waals surface area contributed by atoms with Crippen LogP contribution in [0.5, 0.6) is 0 Å². The molecule has 1 atom stereocenters. The second kappa shape index (κ2) is 12.2. The Hall–Kier alpha value is -2.99. The Balaban J connectivity index is 1.53. The SMILES string of the molecule is CCCCCCc1ccc(C(=O)N(CC(=O)N2CCc3sccc3C2c2ccc(F)cc2)C(C)(C)C)cc1. The van der Waals surface area contributed by atoms with Gasteiger partial charge in [-0.1, -0.05) is 50.5 Å². The van der Waals surface area contributed by atoms with Gasteiger partial charge >= 0.3 is 0 Å². The molecule has 1 aromatic heterocycles. The van der Waals surface area contributed by atoms with E-state index in [1.165, 1.54) is 41.8 Å². The zero-order valence-electron chi connectivity index (χ0n) is 23.0. The summed E-state index contributed by atoms with van der Waals surface area (Å²) in [6, 6.07) is 16.0. The average molecular weight is 535 g/mol. The predicted octanol–water partition coefficient (Wildman–Crippen LogP) is 7.43. The number of hydrogen-bond donors (Lipinski definition) is 0. The highest BCUT2D eigenvalue weighted by atomic mass is 32.1. The normalized spacial score (nSPS) is 15.3. The monoisotopic (exact) mass is 534 g/mol. The van der Waals surface area contributed by atoms with E-state index in [1.54, 1.807) is 28.4 Å². The molecule has 0 aliphatic carbocycles. The van der Waals surface area contributed by atoms with Gasteiger partial charge in [0.1, 0.15) is 12.4 Å². The summed E-state index contributed by atoms with van der Waals surface area (Å²) in [6.07, 6.45) is 6.63. The number of benzene rings is 2. The Morgan fingerprint density at radius 3 is 2.37 bits per heavy atom. The summed E-state index contributed by atoms with van der Waals surface area (Å²) in [5, 5.41) is 2.05. The quantitative estimate of drug-likeness (QED) is 0.268. The predicted molar refractivity (Wildman–Crippen MR) is 153 cm³/mol. The lowest BCUT2D eigenvalue weighted by Gasteiger charge is -2.40. The number of fused-ring (bicyclic) bond motifs is 1. The van der Waals surface area contributed by atoms with Gasteiger partial charge in [0, 0.05) is 22.5 Å². The van der Waals surface area contributed by atoms with Gasteiger partial charge in [0.15, 0.2) is 0 Å². The molecule has 2 heterocycles. The van der Waals surface area contributed by atoms with E-state index in [4.69, 9.17) is 0 Å². The smallest absolute Gasteiger partial charge is 0.254 e. The van der Waals surface area contributed by atoms with Crippen LogP contribution in [0.15, 0.2) is 60.0 Å². The first kappa shape index (κ1) is 28.0. The third-order valence-electron chi connectivity index (χ3n) is 7.34. The molecule has 3 aromatic rings. The van der Waals surface area contributed by atoms with Crippen molar-refractivity contribution < 1.29 is 14.0 Å². The number of carbonyl (C=O) groups is 2. The molecular weight excluding hydrogens is 495 g/mol. The Labute approximate surface area is 230 Å². The van der Waals surface area contributed by atoms with Gasteiger partial charge in [-0.05, 0) is 92.4 Å². The fraction of sp³-hybridized carbons (Fsp3) is 0.438. The lowest BCUT2D eigenvalue weighted by Crippen LogP contribution is -2.52. The van der Waals surface area contributed by atoms with E-state index in [9.17, 15) is 14.0 Å². The molecule has 6 heteroatoms. The Kier molecular flexibility index (Phi) is 9.03. The molecule has 2 aromatic carbocycles. The molecule has 38 heavy (non-hydrogen) atoms. The van der Waals surface area contributed by atoms with Crippen LogP contribution >= 0.6 is 11.3 Å². The van der Waals surface area contributed by atoms with E-state index in [0.717, 1.165) is 30.4 Å². The standard InChI is InChI=1S/C32H39FN2O2S/c1-5-6-7-8-9-23-10-12-25(13-11-23)31(37)35(32(2,3)4)22-29(36)34-20-18-28-27(19-21-38-28)30(34)24-14-16-26(33)17-15-24/h10-17,19,21,30H,5-9,18,20,22H2,1-4H3. The average Bonchev–Trinajstić information content (AvgIpc) is 3.38. The number of hydrogen-bond acceptors (Lipinski definition) is 3. The number of amides is 2. The summed E-state index contributed by atoms with van der Waals surface area (Å²) in [6.45, 7) is 8.64. The van der Waals surface area contributed by atoms with Crippen LogP contribution in [0.25, 0.3) is 0 Å². The van der Waals surface area contributed by atoms with Crippen LogP contribution in [0.3, 0.4) is 0 Å². The fourth-order valence-corrected chi connectivity index (χ4v) is 6.06. The van der Waals surface area contributed by atoms with Crippen molar-refractivity contribution >= 4 is 23.2 Å². The summed E-state index contributed by atoms with van der Waals surface area (Å²) >= 11 is 1.69. The van der Waals surface area contributed by atoms with Crippen molar-refractivity contribution in [2.75, 3.05) is 13.1 Å². The van der Waals surface area contributed by atoms with Gasteiger partial charge in [0.25, 0.3) is 5.91 Å². The van der Waals surface area contributed by atoms with E-state index in [1.807, 2.05) is 55.3 Å². The Morgan fingerprint density at radius 2 is 1.71 bits per heavy atom. The zero-order valence-corrected chi connectivity index (χ0v) is 23.8. The third kappa shape index (κ3) is 6.52. The third-order valence-corrected chi connectivity index (χ3v) is 8.34. The molecule has 202 valence electrons. The lowest BCUT2D eigenvalue weighted by atomic mass is 9.93. The van der Waals surface area contributed by atoms with Crippen LogP contribution in [0.4, 0.5) is 4.39 Å². The maximum atomic E-state index is 13.9. The topological polar surface area (TPSA) is 40.6 Å². The van der Waals surface area contributed by atoms with Crippen LogP contribution in [0.2, 0.25) is 0 Å². The van der Waals surface area contributed by atoms with Crippen molar-refractivity contribution in [2.24, 2.45) is 0 Å². The summed E-state index contributed by atoms with van der Waals surface area (Å²) in [4.78, 5) is 32.3. The summed E-state index contributed by atoms with van der Waals surface area (Å²) in [5.41, 5.74) is 3.25. The highest BCUT2D eigenvalue weighted by molar-refractivity contribution is 7.10. The van der Waals surface area contributed by atoms with Gasteiger partial charge in [-0.15, -0.1) is 11.3 Å². The molecule has 2 amide bonds. The first-order chi connectivity index (χ1) is 18.2. The van der Waals surface area contributed by atoms with E-state index in [2.05, 4.69) is 13.0 Å². The van der Waals surface area contributed by atoms with Gasteiger partial charge in [-0.2, -0.15) is 0 Å².